The third-order valence-corrected chi connectivity index (χ3v) is 3.82. The van der Waals surface area contributed by atoms with Crippen LogP contribution in [-0.4, -0.2) is 7.05 Å². The van der Waals surface area contributed by atoms with Crippen molar-refractivity contribution in [2.75, 3.05) is 7.05 Å². The molecule has 0 bridgehead atoms. The molecule has 2 nitrogen and oxygen atoms in total. The summed E-state index contributed by atoms with van der Waals surface area (Å²) in [6.45, 7) is 3.96. The molecule has 0 aliphatic rings. The van der Waals surface area contributed by atoms with Crippen LogP contribution in [0, 0.1) is 12.7 Å². The lowest BCUT2D eigenvalue weighted by Gasteiger charge is -2.17. The molecular formula is C16H17BrFNO. The highest BCUT2D eigenvalue weighted by Gasteiger charge is 2.16. The van der Waals surface area contributed by atoms with Gasteiger partial charge in [-0.1, -0.05) is 18.2 Å². The summed E-state index contributed by atoms with van der Waals surface area (Å²) in [4.78, 5) is 0. The zero-order chi connectivity index (χ0) is 14.7. The van der Waals surface area contributed by atoms with Gasteiger partial charge in [0.2, 0.25) is 0 Å². The average Bonchev–Trinajstić information content (AvgIpc) is 2.42. The minimum Gasteiger partial charge on any atom is -0.453 e. The maximum atomic E-state index is 14.1. The summed E-state index contributed by atoms with van der Waals surface area (Å²) in [6.07, 6.45) is 0. The maximum Gasteiger partial charge on any atom is 0.167 e. The highest BCUT2D eigenvalue weighted by atomic mass is 79.9. The van der Waals surface area contributed by atoms with Crippen LogP contribution >= 0.6 is 15.9 Å². The van der Waals surface area contributed by atoms with E-state index >= 15 is 0 Å². The molecule has 0 fully saturated rings. The van der Waals surface area contributed by atoms with Gasteiger partial charge >= 0.3 is 0 Å². The Morgan fingerprint density at radius 3 is 2.65 bits per heavy atom. The number of ether oxygens (including phenoxy) is 1. The minimum absolute atomic E-state index is 0.00456. The van der Waals surface area contributed by atoms with Crippen molar-refractivity contribution >= 4 is 15.9 Å². The molecule has 0 heterocycles. The Bertz CT molecular complexity index is 615. The molecule has 0 aliphatic carbocycles. The molecule has 0 radical (unpaired) electrons. The summed E-state index contributed by atoms with van der Waals surface area (Å²) in [5, 5.41) is 3.10. The van der Waals surface area contributed by atoms with E-state index in [1.165, 1.54) is 6.07 Å². The Morgan fingerprint density at radius 1 is 1.25 bits per heavy atom. The smallest absolute Gasteiger partial charge is 0.167 e. The van der Waals surface area contributed by atoms with Gasteiger partial charge in [-0.3, -0.25) is 0 Å². The number of halogens is 2. The molecule has 1 N–H and O–H groups in total. The van der Waals surface area contributed by atoms with Crippen LogP contribution in [0.4, 0.5) is 4.39 Å². The number of hydrogen-bond donors (Lipinski definition) is 1. The van der Waals surface area contributed by atoms with Gasteiger partial charge < -0.3 is 10.1 Å². The minimum atomic E-state index is -0.364. The number of aryl methyl sites for hydroxylation is 1. The van der Waals surface area contributed by atoms with E-state index in [1.54, 1.807) is 6.07 Å². The van der Waals surface area contributed by atoms with E-state index in [1.807, 2.05) is 45.2 Å². The van der Waals surface area contributed by atoms with Gasteiger partial charge in [0.1, 0.15) is 5.75 Å². The molecule has 0 aliphatic heterocycles. The second-order valence-corrected chi connectivity index (χ2v) is 5.56. The summed E-state index contributed by atoms with van der Waals surface area (Å²) >= 11 is 3.44. The molecule has 2 aromatic carbocycles. The normalized spacial score (nSPS) is 12.2. The van der Waals surface area contributed by atoms with Crippen LogP contribution in [0.15, 0.2) is 40.9 Å². The zero-order valence-electron chi connectivity index (χ0n) is 11.7. The molecule has 0 amide bonds. The molecule has 4 heteroatoms. The van der Waals surface area contributed by atoms with Crippen molar-refractivity contribution in [3.05, 3.63) is 57.8 Å². The Balaban J connectivity index is 2.42. The van der Waals surface area contributed by atoms with Crippen LogP contribution in [0.25, 0.3) is 0 Å². The first-order valence-corrected chi connectivity index (χ1v) is 7.22. The molecule has 0 saturated carbocycles. The van der Waals surface area contributed by atoms with Crippen molar-refractivity contribution in [2.45, 2.75) is 19.9 Å². The standard InChI is InChI=1S/C16H17BrFNO/c1-10-7-8-15(13(17)9-10)20-16-12(11(2)19-3)5-4-6-14(16)18/h4-9,11,19H,1-3H3. The molecule has 1 unspecified atom stereocenters. The molecule has 0 aromatic heterocycles. The van der Waals surface area contributed by atoms with Crippen molar-refractivity contribution in [3.8, 4) is 11.5 Å². The molecule has 0 saturated heterocycles. The predicted octanol–water partition coefficient (Wildman–Crippen LogP) is 4.97. The Hall–Kier alpha value is -1.39. The van der Waals surface area contributed by atoms with Crippen LogP contribution in [-0.2, 0) is 0 Å². The van der Waals surface area contributed by atoms with E-state index in [0.29, 0.717) is 5.75 Å². The maximum absolute atomic E-state index is 14.1. The summed E-state index contributed by atoms with van der Waals surface area (Å²) in [7, 11) is 1.83. The van der Waals surface area contributed by atoms with Crippen molar-refractivity contribution in [1.82, 2.24) is 5.32 Å². The number of hydrogen-bond acceptors (Lipinski definition) is 2. The van der Waals surface area contributed by atoms with E-state index in [9.17, 15) is 4.39 Å². The summed E-state index contributed by atoms with van der Waals surface area (Å²) in [5.74, 6) is 0.501. The van der Waals surface area contributed by atoms with Gasteiger partial charge in [-0.15, -0.1) is 0 Å². The van der Waals surface area contributed by atoms with Crippen LogP contribution in [0.2, 0.25) is 0 Å². The predicted molar refractivity (Wildman–Crippen MR) is 82.8 cm³/mol. The summed E-state index contributed by atoms with van der Waals surface area (Å²) in [5.41, 5.74) is 1.90. The lowest BCUT2D eigenvalue weighted by molar-refractivity contribution is 0.426. The highest BCUT2D eigenvalue weighted by Crippen LogP contribution is 2.35. The van der Waals surface area contributed by atoms with Crippen LogP contribution < -0.4 is 10.1 Å². The van der Waals surface area contributed by atoms with Crippen LogP contribution in [0.3, 0.4) is 0 Å². The Kier molecular flexibility index (Phi) is 4.78. The fraction of sp³-hybridized carbons (Fsp3) is 0.250. The topological polar surface area (TPSA) is 21.3 Å². The number of benzene rings is 2. The van der Waals surface area contributed by atoms with Gasteiger partial charge in [-0.25, -0.2) is 4.39 Å². The zero-order valence-corrected chi connectivity index (χ0v) is 13.3. The van der Waals surface area contributed by atoms with E-state index in [4.69, 9.17) is 4.74 Å². The van der Waals surface area contributed by atoms with Crippen LogP contribution in [0.1, 0.15) is 24.1 Å². The van der Waals surface area contributed by atoms with E-state index < -0.39 is 0 Å². The molecular weight excluding hydrogens is 321 g/mol. The van der Waals surface area contributed by atoms with Crippen LogP contribution in [0.5, 0.6) is 11.5 Å². The second kappa shape index (κ2) is 6.37. The summed E-state index contributed by atoms with van der Waals surface area (Å²) < 4.78 is 20.7. The third kappa shape index (κ3) is 3.19. The SMILES string of the molecule is CNC(C)c1cccc(F)c1Oc1ccc(C)cc1Br. The fourth-order valence-electron chi connectivity index (χ4n) is 1.93. The third-order valence-electron chi connectivity index (χ3n) is 3.20. The lowest BCUT2D eigenvalue weighted by Crippen LogP contribution is -2.13. The molecule has 1 atom stereocenters. The number of para-hydroxylation sites is 1. The molecule has 106 valence electrons. The van der Waals surface area contributed by atoms with Crippen molar-refractivity contribution < 1.29 is 9.13 Å². The van der Waals surface area contributed by atoms with Crippen molar-refractivity contribution in [1.29, 1.82) is 0 Å². The summed E-state index contributed by atoms with van der Waals surface area (Å²) in [6, 6.07) is 10.7. The second-order valence-electron chi connectivity index (χ2n) is 4.70. The molecule has 0 spiro atoms. The van der Waals surface area contributed by atoms with Gasteiger partial charge in [0.15, 0.2) is 11.6 Å². The van der Waals surface area contributed by atoms with E-state index in [-0.39, 0.29) is 17.6 Å². The first kappa shape index (κ1) is 15.0. The van der Waals surface area contributed by atoms with Gasteiger partial charge in [-0.05, 0) is 60.6 Å². The van der Waals surface area contributed by atoms with E-state index in [2.05, 4.69) is 21.2 Å². The largest absolute Gasteiger partial charge is 0.453 e. The van der Waals surface area contributed by atoms with Gasteiger partial charge in [0, 0.05) is 11.6 Å². The molecule has 2 aromatic rings. The fourth-order valence-corrected chi connectivity index (χ4v) is 2.50. The highest BCUT2D eigenvalue weighted by molar-refractivity contribution is 9.10. The first-order chi connectivity index (χ1) is 9.52. The monoisotopic (exact) mass is 337 g/mol. The van der Waals surface area contributed by atoms with Gasteiger partial charge in [-0.2, -0.15) is 0 Å². The lowest BCUT2D eigenvalue weighted by atomic mass is 10.1. The van der Waals surface area contributed by atoms with E-state index in [0.717, 1.165) is 15.6 Å². The van der Waals surface area contributed by atoms with Gasteiger partial charge in [0.25, 0.3) is 0 Å². The molecule has 20 heavy (non-hydrogen) atoms. The Labute approximate surface area is 127 Å². The molecule has 2 rings (SSSR count). The van der Waals surface area contributed by atoms with Crippen molar-refractivity contribution in [2.24, 2.45) is 0 Å². The first-order valence-electron chi connectivity index (χ1n) is 6.42. The average molecular weight is 338 g/mol. The Morgan fingerprint density at radius 2 is 2.00 bits per heavy atom. The van der Waals surface area contributed by atoms with Crippen molar-refractivity contribution in [3.63, 3.8) is 0 Å². The number of rotatable bonds is 4. The quantitative estimate of drug-likeness (QED) is 0.850. The van der Waals surface area contributed by atoms with Gasteiger partial charge in [0.05, 0.1) is 4.47 Å². The number of nitrogens with one attached hydrogen (secondary N) is 1.